The maximum absolute atomic E-state index is 3.69. The van der Waals surface area contributed by atoms with E-state index in [0.29, 0.717) is 12.1 Å². The molecule has 74 valence electrons. The fourth-order valence-electron chi connectivity index (χ4n) is 2.35. The van der Waals surface area contributed by atoms with Gasteiger partial charge in [-0.3, -0.25) is 0 Å². The normalized spacial score (nSPS) is 35.5. The maximum Gasteiger partial charge on any atom is 0.0255 e. The summed E-state index contributed by atoms with van der Waals surface area (Å²) in [6, 6.07) is 1.32. The molecule has 0 aromatic heterocycles. The monoisotopic (exact) mass is 180 g/mol. The van der Waals surface area contributed by atoms with Crippen LogP contribution < -0.4 is 10.6 Å². The van der Waals surface area contributed by atoms with Gasteiger partial charge in [0.05, 0.1) is 0 Å². The molecule has 1 heterocycles. The highest BCUT2D eigenvalue weighted by Gasteiger charge is 2.22. The van der Waals surface area contributed by atoms with Crippen molar-refractivity contribution in [1.82, 2.24) is 10.6 Å². The molecule has 3 atom stereocenters. The van der Waals surface area contributed by atoms with Crippen LogP contribution in [0, 0.1) is 5.92 Å². The molecule has 1 aliphatic carbocycles. The molecule has 0 spiro atoms. The minimum absolute atomic E-state index is 0.649. The van der Waals surface area contributed by atoms with E-state index in [1.165, 1.54) is 32.4 Å². The average molecular weight is 180 g/mol. The van der Waals surface area contributed by atoms with Gasteiger partial charge in [-0.05, 0) is 45.2 Å². The van der Waals surface area contributed by atoms with Crippen LogP contribution >= 0.6 is 0 Å². The van der Waals surface area contributed by atoms with E-state index in [2.05, 4.69) is 29.7 Å². The van der Waals surface area contributed by atoms with Crippen LogP contribution in [-0.2, 0) is 0 Å². The van der Waals surface area contributed by atoms with Crippen molar-refractivity contribution in [3.05, 3.63) is 12.2 Å². The van der Waals surface area contributed by atoms with E-state index in [-0.39, 0.29) is 0 Å². The number of allylic oxidation sites excluding steroid dienone is 1. The van der Waals surface area contributed by atoms with Crippen molar-refractivity contribution in [2.45, 2.75) is 38.3 Å². The Morgan fingerprint density at radius 2 is 2.38 bits per heavy atom. The molecule has 13 heavy (non-hydrogen) atoms. The van der Waals surface area contributed by atoms with E-state index in [1.807, 2.05) is 0 Å². The summed E-state index contributed by atoms with van der Waals surface area (Å²) in [5.74, 6) is 0.842. The molecule has 0 radical (unpaired) electrons. The van der Waals surface area contributed by atoms with Gasteiger partial charge in [0.25, 0.3) is 0 Å². The first-order valence-electron chi connectivity index (χ1n) is 5.49. The Morgan fingerprint density at radius 3 is 3.00 bits per heavy atom. The van der Waals surface area contributed by atoms with Crippen molar-refractivity contribution in [3.8, 4) is 0 Å². The lowest BCUT2D eigenvalue weighted by Crippen LogP contribution is -2.39. The Bertz CT molecular complexity index is 183. The highest BCUT2D eigenvalue weighted by Crippen LogP contribution is 2.16. The highest BCUT2D eigenvalue weighted by atomic mass is 15.0. The van der Waals surface area contributed by atoms with Gasteiger partial charge in [-0.15, -0.1) is 0 Å². The predicted octanol–water partition coefficient (Wildman–Crippen LogP) is 1.29. The van der Waals surface area contributed by atoms with E-state index < -0.39 is 0 Å². The summed E-state index contributed by atoms with van der Waals surface area (Å²) >= 11 is 0. The van der Waals surface area contributed by atoms with Crippen LogP contribution in [0.15, 0.2) is 12.2 Å². The first-order chi connectivity index (χ1) is 6.36. The summed E-state index contributed by atoms with van der Waals surface area (Å²) in [5, 5.41) is 7.11. The molecular formula is C11H20N2. The summed E-state index contributed by atoms with van der Waals surface area (Å²) in [6.45, 7) is 4.73. The first-order valence-corrected chi connectivity index (χ1v) is 5.49. The second kappa shape index (κ2) is 4.25. The predicted molar refractivity (Wildman–Crippen MR) is 55.7 cm³/mol. The van der Waals surface area contributed by atoms with Gasteiger partial charge in [-0.1, -0.05) is 12.2 Å². The first kappa shape index (κ1) is 9.22. The average Bonchev–Trinajstić information content (AvgIpc) is 2.74. The van der Waals surface area contributed by atoms with Crippen LogP contribution in [0.4, 0.5) is 0 Å². The largest absolute Gasteiger partial charge is 0.316 e. The Morgan fingerprint density at radius 1 is 1.46 bits per heavy atom. The van der Waals surface area contributed by atoms with Gasteiger partial charge in [-0.2, -0.15) is 0 Å². The van der Waals surface area contributed by atoms with Crippen LogP contribution in [0.1, 0.15) is 26.2 Å². The van der Waals surface area contributed by atoms with Crippen molar-refractivity contribution in [2.24, 2.45) is 5.92 Å². The Kier molecular flexibility index (Phi) is 3.01. The van der Waals surface area contributed by atoms with E-state index in [9.17, 15) is 0 Å². The lowest BCUT2D eigenvalue weighted by Gasteiger charge is -2.23. The van der Waals surface area contributed by atoms with Crippen molar-refractivity contribution >= 4 is 0 Å². The molecule has 2 heteroatoms. The minimum Gasteiger partial charge on any atom is -0.316 e. The molecule has 1 fully saturated rings. The molecule has 3 unspecified atom stereocenters. The van der Waals surface area contributed by atoms with Crippen LogP contribution in [0.25, 0.3) is 0 Å². The Labute approximate surface area is 80.8 Å². The fourth-order valence-corrected chi connectivity index (χ4v) is 2.35. The second-order valence-electron chi connectivity index (χ2n) is 4.32. The molecule has 2 aliphatic rings. The molecule has 1 saturated heterocycles. The number of nitrogens with one attached hydrogen (secondary N) is 2. The highest BCUT2D eigenvalue weighted by molar-refractivity contribution is 5.02. The molecule has 1 aliphatic heterocycles. The van der Waals surface area contributed by atoms with E-state index in [1.54, 1.807) is 0 Å². The molecule has 0 aromatic rings. The molecule has 0 amide bonds. The van der Waals surface area contributed by atoms with Crippen molar-refractivity contribution < 1.29 is 0 Å². The second-order valence-corrected chi connectivity index (χ2v) is 4.32. The number of hydrogen-bond acceptors (Lipinski definition) is 2. The number of hydrogen-bond donors (Lipinski definition) is 2. The quantitative estimate of drug-likeness (QED) is 0.640. The molecule has 0 saturated carbocycles. The van der Waals surface area contributed by atoms with Gasteiger partial charge < -0.3 is 10.6 Å². The van der Waals surface area contributed by atoms with Gasteiger partial charge in [0.15, 0.2) is 0 Å². The lowest BCUT2D eigenvalue weighted by molar-refractivity contribution is 0.375. The van der Waals surface area contributed by atoms with Crippen LogP contribution in [0.3, 0.4) is 0 Å². The lowest BCUT2D eigenvalue weighted by atomic mass is 9.99. The minimum atomic E-state index is 0.649. The smallest absolute Gasteiger partial charge is 0.0255 e. The number of rotatable bonds is 3. The van der Waals surface area contributed by atoms with Gasteiger partial charge in [0.2, 0.25) is 0 Å². The molecule has 0 bridgehead atoms. The zero-order valence-electron chi connectivity index (χ0n) is 8.42. The summed E-state index contributed by atoms with van der Waals surface area (Å²) in [5.41, 5.74) is 0. The molecule has 2 nitrogen and oxygen atoms in total. The summed E-state index contributed by atoms with van der Waals surface area (Å²) in [7, 11) is 0. The third-order valence-electron chi connectivity index (χ3n) is 3.30. The van der Waals surface area contributed by atoms with E-state index in [0.717, 1.165) is 5.92 Å². The summed E-state index contributed by atoms with van der Waals surface area (Å²) in [6.07, 6.45) is 8.50. The van der Waals surface area contributed by atoms with Crippen molar-refractivity contribution in [1.29, 1.82) is 0 Å². The molecule has 2 rings (SSSR count). The molecule has 0 aromatic carbocycles. The zero-order chi connectivity index (χ0) is 9.10. The van der Waals surface area contributed by atoms with Crippen LogP contribution in [0.5, 0.6) is 0 Å². The third-order valence-corrected chi connectivity index (χ3v) is 3.30. The SMILES string of the molecule is CC(NC1C=CCC1)C1CCNC1. The Hall–Kier alpha value is -0.340. The zero-order valence-corrected chi connectivity index (χ0v) is 8.42. The van der Waals surface area contributed by atoms with Gasteiger partial charge in [0.1, 0.15) is 0 Å². The maximum atomic E-state index is 3.69. The van der Waals surface area contributed by atoms with Gasteiger partial charge in [-0.25, -0.2) is 0 Å². The Balaban J connectivity index is 1.76. The fraction of sp³-hybridized carbons (Fsp3) is 0.818. The molecular weight excluding hydrogens is 160 g/mol. The summed E-state index contributed by atoms with van der Waals surface area (Å²) in [4.78, 5) is 0. The molecule has 2 N–H and O–H groups in total. The van der Waals surface area contributed by atoms with Crippen molar-refractivity contribution in [2.75, 3.05) is 13.1 Å². The van der Waals surface area contributed by atoms with Crippen molar-refractivity contribution in [3.63, 3.8) is 0 Å². The summed E-state index contributed by atoms with van der Waals surface area (Å²) < 4.78 is 0. The van der Waals surface area contributed by atoms with E-state index >= 15 is 0 Å². The van der Waals surface area contributed by atoms with E-state index in [4.69, 9.17) is 0 Å². The van der Waals surface area contributed by atoms with Crippen LogP contribution in [0.2, 0.25) is 0 Å². The van der Waals surface area contributed by atoms with Crippen LogP contribution in [-0.4, -0.2) is 25.2 Å². The third kappa shape index (κ3) is 2.32. The standard InChI is InChI=1S/C11H20N2/c1-9(10-6-7-12-8-10)13-11-4-2-3-5-11/h2,4,9-13H,3,5-8H2,1H3. The topological polar surface area (TPSA) is 24.1 Å². The van der Waals surface area contributed by atoms with Gasteiger partial charge in [0, 0.05) is 12.1 Å². The van der Waals surface area contributed by atoms with Gasteiger partial charge >= 0.3 is 0 Å².